The number of benzene rings is 1. The van der Waals surface area contributed by atoms with Crippen molar-refractivity contribution in [2.45, 2.75) is 38.8 Å². The normalized spacial score (nSPS) is 16.5. The number of nitrogens with one attached hydrogen (secondary N) is 2. The monoisotopic (exact) mass is 319 g/mol. The smallest absolute Gasteiger partial charge is 0.262 e. The molecule has 1 aromatic carbocycles. The van der Waals surface area contributed by atoms with Crippen LogP contribution in [-0.4, -0.2) is 44.1 Å². The Balaban J connectivity index is 2.13. The summed E-state index contributed by atoms with van der Waals surface area (Å²) in [5.74, 6) is 0.402. The molecule has 0 aliphatic carbocycles. The van der Waals surface area contributed by atoms with E-state index in [1.807, 2.05) is 29.2 Å². The van der Waals surface area contributed by atoms with Crippen LogP contribution in [0.4, 0.5) is 5.69 Å². The molecule has 2 rings (SSSR count). The second kappa shape index (κ2) is 7.85. The van der Waals surface area contributed by atoms with Gasteiger partial charge in [-0.1, -0.05) is 26.0 Å². The maximum absolute atomic E-state index is 12.3. The molecule has 6 heteroatoms. The summed E-state index contributed by atoms with van der Waals surface area (Å²) >= 11 is 0. The molecule has 0 bridgehead atoms. The Morgan fingerprint density at radius 1 is 1.30 bits per heavy atom. The van der Waals surface area contributed by atoms with Crippen LogP contribution in [0.2, 0.25) is 0 Å². The lowest BCUT2D eigenvalue weighted by Gasteiger charge is -2.35. The van der Waals surface area contributed by atoms with E-state index in [-0.39, 0.29) is 24.4 Å². The lowest BCUT2D eigenvalue weighted by atomic mass is 10.1. The van der Waals surface area contributed by atoms with Crippen LogP contribution in [0.15, 0.2) is 24.3 Å². The maximum atomic E-state index is 12.3. The van der Waals surface area contributed by atoms with Gasteiger partial charge in [-0.25, -0.2) is 0 Å². The molecule has 2 N–H and O–H groups in total. The molecule has 1 atom stereocenters. The van der Waals surface area contributed by atoms with Gasteiger partial charge in [0.05, 0.1) is 18.8 Å². The van der Waals surface area contributed by atoms with Crippen molar-refractivity contribution >= 4 is 17.5 Å². The fourth-order valence-electron chi connectivity index (χ4n) is 2.69. The van der Waals surface area contributed by atoms with Crippen LogP contribution >= 0.6 is 0 Å². The second-order valence-corrected chi connectivity index (χ2v) is 5.65. The Labute approximate surface area is 137 Å². The van der Waals surface area contributed by atoms with E-state index in [0.717, 1.165) is 18.5 Å². The number of para-hydroxylation sites is 2. The van der Waals surface area contributed by atoms with Gasteiger partial charge in [0.2, 0.25) is 5.91 Å². The molecule has 6 nitrogen and oxygen atoms in total. The zero-order valence-electron chi connectivity index (χ0n) is 14.0. The molecule has 0 spiro atoms. The molecule has 0 unspecified atom stereocenters. The molecule has 1 aromatic rings. The minimum Gasteiger partial charge on any atom is -0.477 e. The largest absolute Gasteiger partial charge is 0.477 e. The van der Waals surface area contributed by atoms with E-state index in [1.54, 1.807) is 7.05 Å². The molecule has 23 heavy (non-hydrogen) atoms. The molecule has 1 aliphatic heterocycles. The molecule has 0 aromatic heterocycles. The van der Waals surface area contributed by atoms with E-state index < -0.39 is 6.10 Å². The van der Waals surface area contributed by atoms with Crippen molar-refractivity contribution in [1.29, 1.82) is 0 Å². The minimum atomic E-state index is -0.615. The lowest BCUT2D eigenvalue weighted by Crippen LogP contribution is -2.51. The van der Waals surface area contributed by atoms with Gasteiger partial charge in [-0.05, 0) is 25.0 Å². The van der Waals surface area contributed by atoms with Gasteiger partial charge in [0.1, 0.15) is 5.75 Å². The van der Waals surface area contributed by atoms with Gasteiger partial charge in [0.15, 0.2) is 6.10 Å². The molecular formula is C17H25N3O3. The molecule has 126 valence electrons. The highest BCUT2D eigenvalue weighted by molar-refractivity contribution is 5.86. The summed E-state index contributed by atoms with van der Waals surface area (Å²) in [6, 6.07) is 7.66. The molecule has 0 saturated carbocycles. The number of likely N-dealkylation sites (N-methyl/N-ethyl adjacent to an activating group) is 1. The van der Waals surface area contributed by atoms with Crippen LogP contribution in [0.5, 0.6) is 5.75 Å². The Bertz CT molecular complexity index is 558. The predicted molar refractivity (Wildman–Crippen MR) is 89.7 cm³/mol. The van der Waals surface area contributed by atoms with Crippen molar-refractivity contribution in [3.05, 3.63) is 24.3 Å². The summed E-state index contributed by atoms with van der Waals surface area (Å²) in [5.41, 5.74) is 0.840. The van der Waals surface area contributed by atoms with Crippen molar-refractivity contribution in [2.75, 3.05) is 25.0 Å². The number of ether oxygens (including phenoxy) is 1. The van der Waals surface area contributed by atoms with Gasteiger partial charge in [-0.3, -0.25) is 9.59 Å². The molecule has 2 amide bonds. The quantitative estimate of drug-likeness (QED) is 0.829. The van der Waals surface area contributed by atoms with Crippen LogP contribution in [-0.2, 0) is 9.59 Å². The minimum absolute atomic E-state index is 0.0361. The topological polar surface area (TPSA) is 70.7 Å². The third-order valence-corrected chi connectivity index (χ3v) is 4.09. The van der Waals surface area contributed by atoms with Gasteiger partial charge in [0.25, 0.3) is 5.91 Å². The van der Waals surface area contributed by atoms with Gasteiger partial charge < -0.3 is 20.3 Å². The maximum Gasteiger partial charge on any atom is 0.262 e. The van der Waals surface area contributed by atoms with E-state index in [9.17, 15) is 9.59 Å². The van der Waals surface area contributed by atoms with Gasteiger partial charge >= 0.3 is 0 Å². The van der Waals surface area contributed by atoms with Crippen LogP contribution in [0.25, 0.3) is 0 Å². The fourth-order valence-corrected chi connectivity index (χ4v) is 2.69. The molecule has 0 fully saturated rings. The third-order valence-electron chi connectivity index (χ3n) is 4.09. The first-order chi connectivity index (χ1) is 11.1. The first kappa shape index (κ1) is 17.1. The summed E-state index contributed by atoms with van der Waals surface area (Å²) in [6.45, 7) is 4.68. The van der Waals surface area contributed by atoms with Crippen molar-refractivity contribution in [3.63, 3.8) is 0 Å². The molecule has 1 aliphatic rings. The number of carbonyl (C=O) groups is 2. The number of hydrogen-bond donors (Lipinski definition) is 2. The Kier molecular flexibility index (Phi) is 5.84. The highest BCUT2D eigenvalue weighted by Gasteiger charge is 2.31. The highest BCUT2D eigenvalue weighted by Crippen LogP contribution is 2.32. The molecule has 0 saturated heterocycles. The fraction of sp³-hybridized carbons (Fsp3) is 0.529. The van der Waals surface area contributed by atoms with Crippen molar-refractivity contribution in [3.8, 4) is 5.75 Å². The first-order valence-corrected chi connectivity index (χ1v) is 8.10. The van der Waals surface area contributed by atoms with E-state index >= 15 is 0 Å². The van der Waals surface area contributed by atoms with Crippen LogP contribution in [0.3, 0.4) is 0 Å². The van der Waals surface area contributed by atoms with Crippen LogP contribution in [0, 0.1) is 0 Å². The molecule has 1 heterocycles. The predicted octanol–water partition coefficient (Wildman–Crippen LogP) is 1.30. The van der Waals surface area contributed by atoms with E-state index in [0.29, 0.717) is 12.3 Å². The summed E-state index contributed by atoms with van der Waals surface area (Å²) in [7, 11) is 1.58. The molecular weight excluding hydrogens is 294 g/mol. The number of fused-ring (bicyclic) bond motifs is 1. The van der Waals surface area contributed by atoms with E-state index in [4.69, 9.17) is 4.74 Å². The average molecular weight is 319 g/mol. The van der Waals surface area contributed by atoms with Gasteiger partial charge in [-0.2, -0.15) is 0 Å². The summed E-state index contributed by atoms with van der Waals surface area (Å²) in [5, 5.41) is 5.63. The Morgan fingerprint density at radius 3 is 2.65 bits per heavy atom. The van der Waals surface area contributed by atoms with Crippen LogP contribution < -0.4 is 20.3 Å². The standard InChI is InChI=1S/C17H25N3O3/c1-4-12(5-2)19-16(21)11-20-10-15(17(22)18-3)23-14-9-7-6-8-13(14)20/h6-9,12,15H,4-5,10-11H2,1-3H3,(H,18,22)(H,19,21)/t15-/m0/s1. The Hall–Kier alpha value is -2.24. The second-order valence-electron chi connectivity index (χ2n) is 5.65. The highest BCUT2D eigenvalue weighted by atomic mass is 16.5. The lowest BCUT2D eigenvalue weighted by molar-refractivity contribution is -0.127. The number of amides is 2. The van der Waals surface area contributed by atoms with Crippen LogP contribution in [0.1, 0.15) is 26.7 Å². The summed E-state index contributed by atoms with van der Waals surface area (Å²) in [4.78, 5) is 26.1. The van der Waals surface area contributed by atoms with Crippen molar-refractivity contribution in [1.82, 2.24) is 10.6 Å². The third kappa shape index (κ3) is 4.15. The molecule has 0 radical (unpaired) electrons. The average Bonchev–Trinajstić information content (AvgIpc) is 2.58. The number of carbonyl (C=O) groups excluding carboxylic acids is 2. The van der Waals surface area contributed by atoms with Crippen molar-refractivity contribution in [2.24, 2.45) is 0 Å². The van der Waals surface area contributed by atoms with Gasteiger partial charge in [0, 0.05) is 13.1 Å². The Morgan fingerprint density at radius 2 is 2.00 bits per heavy atom. The summed E-state index contributed by atoms with van der Waals surface area (Å²) < 4.78 is 5.73. The SMILES string of the molecule is CCC(CC)NC(=O)CN1C[C@@H](C(=O)NC)Oc2ccccc21. The first-order valence-electron chi connectivity index (χ1n) is 8.10. The van der Waals surface area contributed by atoms with Crippen molar-refractivity contribution < 1.29 is 14.3 Å². The van der Waals surface area contributed by atoms with E-state index in [1.165, 1.54) is 0 Å². The summed E-state index contributed by atoms with van der Waals surface area (Å²) in [6.07, 6.45) is 1.20. The van der Waals surface area contributed by atoms with Gasteiger partial charge in [-0.15, -0.1) is 0 Å². The number of nitrogens with zero attached hydrogens (tertiary/aromatic N) is 1. The van der Waals surface area contributed by atoms with E-state index in [2.05, 4.69) is 24.5 Å². The zero-order valence-corrected chi connectivity index (χ0v) is 14.0. The number of hydrogen-bond acceptors (Lipinski definition) is 4. The number of anilines is 1. The number of rotatable bonds is 6. The zero-order chi connectivity index (χ0) is 16.8.